The molecule has 0 bridgehead atoms. The van der Waals surface area contributed by atoms with E-state index in [0.717, 1.165) is 31.4 Å². The fourth-order valence-corrected chi connectivity index (χ4v) is 4.87. The quantitative estimate of drug-likeness (QED) is 0.848. The Morgan fingerprint density at radius 1 is 1.32 bits per heavy atom. The molecule has 2 atom stereocenters. The molecule has 6 heteroatoms. The van der Waals surface area contributed by atoms with Gasteiger partial charge in [-0.05, 0) is 37.8 Å². The number of hydrogen-bond donors (Lipinski definition) is 0. The molecular weight excluding hydrogens is 266 g/mol. The van der Waals surface area contributed by atoms with Crippen LogP contribution in [0.2, 0.25) is 0 Å². The van der Waals surface area contributed by atoms with Crippen LogP contribution in [0.5, 0.6) is 0 Å². The van der Waals surface area contributed by atoms with Crippen molar-refractivity contribution in [2.75, 3.05) is 18.9 Å². The monoisotopic (exact) mass is 285 g/mol. The number of furan rings is 1. The van der Waals surface area contributed by atoms with Gasteiger partial charge >= 0.3 is 0 Å². The highest BCUT2D eigenvalue weighted by Gasteiger charge is 2.38. The Labute approximate surface area is 113 Å². The Hall–Kier alpha value is -0.850. The zero-order valence-electron chi connectivity index (χ0n) is 10.8. The van der Waals surface area contributed by atoms with Crippen LogP contribution in [-0.4, -0.2) is 37.7 Å². The number of hydrogen-bond acceptors (Lipinski definition) is 4. The van der Waals surface area contributed by atoms with Gasteiger partial charge in [-0.1, -0.05) is 0 Å². The van der Waals surface area contributed by atoms with Crippen molar-refractivity contribution in [3.8, 4) is 0 Å². The predicted octanol–water partition coefficient (Wildman–Crippen LogP) is 1.93. The molecule has 2 aliphatic rings. The van der Waals surface area contributed by atoms with E-state index in [1.165, 1.54) is 0 Å². The fourth-order valence-electron chi connectivity index (χ4n) is 2.94. The maximum absolute atomic E-state index is 12.5. The van der Waals surface area contributed by atoms with E-state index < -0.39 is 10.0 Å². The van der Waals surface area contributed by atoms with E-state index >= 15 is 0 Å². The molecule has 0 amide bonds. The lowest BCUT2D eigenvalue weighted by Gasteiger charge is -2.24. The first-order valence-corrected chi connectivity index (χ1v) is 8.42. The van der Waals surface area contributed by atoms with Gasteiger partial charge in [-0.15, -0.1) is 0 Å². The Kier molecular flexibility index (Phi) is 3.64. The standard InChI is InChI=1S/C13H19NO4S/c15-19(16,10-11-4-2-8-17-11)14-7-1-5-12(14)13-6-3-9-18-13/h3,6,9,11-12H,1-2,4-5,7-8,10H2/t11-,12+/m1/s1. The van der Waals surface area contributed by atoms with E-state index in [1.807, 2.05) is 6.07 Å². The second-order valence-electron chi connectivity index (χ2n) is 5.20. The van der Waals surface area contributed by atoms with Gasteiger partial charge in [0, 0.05) is 13.2 Å². The summed E-state index contributed by atoms with van der Waals surface area (Å²) in [6.07, 6.45) is 4.98. The Bertz CT molecular complexity index is 505. The Morgan fingerprint density at radius 3 is 2.89 bits per heavy atom. The van der Waals surface area contributed by atoms with Crippen molar-refractivity contribution in [2.45, 2.75) is 37.8 Å². The summed E-state index contributed by atoms with van der Waals surface area (Å²) in [5, 5.41) is 0. The second-order valence-corrected chi connectivity index (χ2v) is 7.16. The van der Waals surface area contributed by atoms with Crippen LogP contribution in [0.25, 0.3) is 0 Å². The molecule has 3 heterocycles. The van der Waals surface area contributed by atoms with Gasteiger partial charge in [0.25, 0.3) is 0 Å². The van der Waals surface area contributed by atoms with E-state index in [9.17, 15) is 8.42 Å². The third-order valence-corrected chi connectivity index (χ3v) is 5.80. The third kappa shape index (κ3) is 2.70. The normalized spacial score (nSPS) is 29.1. The predicted molar refractivity (Wildman–Crippen MR) is 70.1 cm³/mol. The van der Waals surface area contributed by atoms with Crippen molar-refractivity contribution >= 4 is 10.0 Å². The van der Waals surface area contributed by atoms with Crippen molar-refractivity contribution < 1.29 is 17.6 Å². The van der Waals surface area contributed by atoms with E-state index in [4.69, 9.17) is 9.15 Å². The Morgan fingerprint density at radius 2 is 2.21 bits per heavy atom. The van der Waals surface area contributed by atoms with Crippen LogP contribution in [0.3, 0.4) is 0 Å². The smallest absolute Gasteiger partial charge is 0.217 e. The molecule has 0 spiro atoms. The van der Waals surface area contributed by atoms with E-state index in [0.29, 0.717) is 13.2 Å². The summed E-state index contributed by atoms with van der Waals surface area (Å²) in [6, 6.07) is 3.52. The number of rotatable bonds is 4. The summed E-state index contributed by atoms with van der Waals surface area (Å²) in [6.45, 7) is 1.27. The zero-order chi connectivity index (χ0) is 13.3. The highest BCUT2D eigenvalue weighted by atomic mass is 32.2. The van der Waals surface area contributed by atoms with Crippen LogP contribution in [0.4, 0.5) is 0 Å². The van der Waals surface area contributed by atoms with Gasteiger partial charge in [0.2, 0.25) is 10.0 Å². The maximum atomic E-state index is 12.5. The molecule has 1 aromatic rings. The van der Waals surface area contributed by atoms with E-state index in [-0.39, 0.29) is 17.9 Å². The van der Waals surface area contributed by atoms with Gasteiger partial charge in [-0.25, -0.2) is 8.42 Å². The first-order chi connectivity index (χ1) is 9.17. The van der Waals surface area contributed by atoms with Crippen LogP contribution in [0, 0.1) is 0 Å². The van der Waals surface area contributed by atoms with E-state index in [1.54, 1.807) is 16.6 Å². The van der Waals surface area contributed by atoms with Crippen molar-refractivity contribution in [1.82, 2.24) is 4.31 Å². The molecule has 0 saturated carbocycles. The van der Waals surface area contributed by atoms with Crippen LogP contribution in [-0.2, 0) is 14.8 Å². The summed E-state index contributed by atoms with van der Waals surface area (Å²) in [5.74, 6) is 0.845. The summed E-state index contributed by atoms with van der Waals surface area (Å²) in [4.78, 5) is 0. The lowest BCUT2D eigenvalue weighted by molar-refractivity contribution is 0.126. The second kappa shape index (κ2) is 5.26. The van der Waals surface area contributed by atoms with Crippen molar-refractivity contribution in [2.24, 2.45) is 0 Å². The molecule has 19 heavy (non-hydrogen) atoms. The lowest BCUT2D eigenvalue weighted by Crippen LogP contribution is -2.36. The van der Waals surface area contributed by atoms with Crippen molar-refractivity contribution in [1.29, 1.82) is 0 Å². The van der Waals surface area contributed by atoms with Crippen molar-refractivity contribution in [3.63, 3.8) is 0 Å². The fraction of sp³-hybridized carbons (Fsp3) is 0.692. The van der Waals surface area contributed by atoms with Crippen LogP contribution >= 0.6 is 0 Å². The molecule has 2 fully saturated rings. The maximum Gasteiger partial charge on any atom is 0.217 e. The minimum atomic E-state index is -3.27. The SMILES string of the molecule is O=S(=O)(C[C@H]1CCCO1)N1CCC[C@H]1c1ccco1. The van der Waals surface area contributed by atoms with Crippen LogP contribution in [0.15, 0.2) is 22.8 Å². The third-order valence-electron chi connectivity index (χ3n) is 3.85. The number of ether oxygens (including phenoxy) is 1. The van der Waals surface area contributed by atoms with Gasteiger partial charge in [-0.2, -0.15) is 4.31 Å². The van der Waals surface area contributed by atoms with Crippen LogP contribution in [0.1, 0.15) is 37.5 Å². The molecule has 5 nitrogen and oxygen atoms in total. The van der Waals surface area contributed by atoms with Gasteiger partial charge in [0.15, 0.2) is 0 Å². The molecule has 1 aromatic heterocycles. The van der Waals surface area contributed by atoms with Crippen LogP contribution < -0.4 is 0 Å². The van der Waals surface area contributed by atoms with Gasteiger partial charge in [0.1, 0.15) is 5.76 Å². The summed E-state index contributed by atoms with van der Waals surface area (Å²) < 4.78 is 37.4. The van der Waals surface area contributed by atoms with Gasteiger partial charge in [-0.3, -0.25) is 0 Å². The minimum Gasteiger partial charge on any atom is -0.468 e. The van der Waals surface area contributed by atoms with E-state index in [2.05, 4.69) is 0 Å². The topological polar surface area (TPSA) is 59.8 Å². The van der Waals surface area contributed by atoms with Gasteiger partial charge < -0.3 is 9.15 Å². The molecule has 0 aliphatic carbocycles. The molecule has 106 valence electrons. The minimum absolute atomic E-state index is 0.101. The first kappa shape index (κ1) is 13.1. The number of nitrogens with zero attached hydrogens (tertiary/aromatic N) is 1. The number of sulfonamides is 1. The molecule has 0 radical (unpaired) electrons. The Balaban J connectivity index is 1.75. The first-order valence-electron chi connectivity index (χ1n) is 6.81. The highest BCUT2D eigenvalue weighted by Crippen LogP contribution is 2.35. The summed E-state index contributed by atoms with van der Waals surface area (Å²) >= 11 is 0. The average molecular weight is 285 g/mol. The van der Waals surface area contributed by atoms with Gasteiger partial charge in [0.05, 0.1) is 24.2 Å². The average Bonchev–Trinajstić information content (AvgIpc) is 3.11. The zero-order valence-corrected chi connectivity index (χ0v) is 11.6. The molecule has 0 aromatic carbocycles. The largest absolute Gasteiger partial charge is 0.468 e. The highest BCUT2D eigenvalue weighted by molar-refractivity contribution is 7.89. The molecule has 3 rings (SSSR count). The molecule has 0 N–H and O–H groups in total. The molecule has 2 aliphatic heterocycles. The summed E-state index contributed by atoms with van der Waals surface area (Å²) in [5.41, 5.74) is 0. The molecular formula is C13H19NO4S. The molecule has 2 saturated heterocycles. The van der Waals surface area contributed by atoms with Crippen molar-refractivity contribution in [3.05, 3.63) is 24.2 Å². The molecule has 0 unspecified atom stereocenters. The summed E-state index contributed by atoms with van der Waals surface area (Å²) in [7, 11) is -3.27. The lowest BCUT2D eigenvalue weighted by atomic mass is 10.2.